The van der Waals surface area contributed by atoms with E-state index >= 15 is 0 Å². The monoisotopic (exact) mass is 274 g/mol. The first-order valence-corrected chi connectivity index (χ1v) is 7.11. The van der Waals surface area contributed by atoms with Crippen LogP contribution >= 0.6 is 0 Å². The summed E-state index contributed by atoms with van der Waals surface area (Å²) in [7, 11) is 3.85. The van der Waals surface area contributed by atoms with Crippen molar-refractivity contribution in [3.63, 3.8) is 0 Å². The highest BCUT2D eigenvalue weighted by molar-refractivity contribution is 5.44. The molecule has 0 unspecified atom stereocenters. The van der Waals surface area contributed by atoms with Crippen LogP contribution in [0.1, 0.15) is 31.4 Å². The number of nitrogens with zero attached hydrogens (tertiary/aromatic N) is 1. The molecular weight excluding hydrogens is 248 g/mol. The van der Waals surface area contributed by atoms with Gasteiger partial charge in [-0.15, -0.1) is 0 Å². The number of methoxy groups -OCH3 is 1. The summed E-state index contributed by atoms with van der Waals surface area (Å²) in [4.78, 5) is 2.32. The minimum atomic E-state index is 0.385. The molecule has 0 amide bonds. The molecule has 0 aliphatic heterocycles. The topological polar surface area (TPSA) is 38.5 Å². The molecule has 0 aliphatic carbocycles. The summed E-state index contributed by atoms with van der Waals surface area (Å²) in [5.41, 5.74) is 7.57. The van der Waals surface area contributed by atoms with Crippen molar-refractivity contribution in [3.05, 3.63) is 29.3 Å². The number of nitrogens with two attached hydrogens (primary N) is 1. The molecule has 0 heterocycles. The van der Waals surface area contributed by atoms with Gasteiger partial charge in [0.1, 0.15) is 5.75 Å². The third kappa shape index (κ3) is 5.64. The zero-order valence-corrected chi connectivity index (χ0v) is 13.1. The summed E-state index contributed by atoms with van der Waals surface area (Å²) in [5.74, 6) is 7.60. The average molecular weight is 274 g/mol. The van der Waals surface area contributed by atoms with Gasteiger partial charge in [-0.3, -0.25) is 0 Å². The SMILES string of the molecule is COc1ccc(C#CCN)cc1CN(C)CCC(C)C. The van der Waals surface area contributed by atoms with E-state index in [2.05, 4.69) is 43.7 Å². The van der Waals surface area contributed by atoms with Gasteiger partial charge in [-0.2, -0.15) is 0 Å². The van der Waals surface area contributed by atoms with Crippen LogP contribution in [0.2, 0.25) is 0 Å². The number of hydrogen-bond acceptors (Lipinski definition) is 3. The first-order chi connectivity index (χ1) is 9.56. The molecule has 0 bridgehead atoms. The molecule has 0 fully saturated rings. The second-order valence-corrected chi connectivity index (χ2v) is 5.45. The molecule has 2 N–H and O–H groups in total. The largest absolute Gasteiger partial charge is 0.496 e. The molecule has 1 rings (SSSR count). The van der Waals surface area contributed by atoms with E-state index in [1.165, 1.54) is 12.0 Å². The minimum Gasteiger partial charge on any atom is -0.496 e. The van der Waals surface area contributed by atoms with Crippen molar-refractivity contribution >= 4 is 0 Å². The molecule has 0 radical (unpaired) electrons. The highest BCUT2D eigenvalue weighted by Crippen LogP contribution is 2.21. The predicted molar refractivity (Wildman–Crippen MR) is 84.7 cm³/mol. The fourth-order valence-electron chi connectivity index (χ4n) is 1.98. The third-order valence-electron chi connectivity index (χ3n) is 3.14. The Hall–Kier alpha value is -1.50. The van der Waals surface area contributed by atoms with Gasteiger partial charge in [0, 0.05) is 17.7 Å². The Morgan fingerprint density at radius 2 is 2.10 bits per heavy atom. The molecule has 0 aliphatic rings. The van der Waals surface area contributed by atoms with Crippen molar-refractivity contribution < 1.29 is 4.74 Å². The molecule has 3 nitrogen and oxygen atoms in total. The van der Waals surface area contributed by atoms with Crippen molar-refractivity contribution in [1.29, 1.82) is 0 Å². The summed E-state index contributed by atoms with van der Waals surface area (Å²) in [5, 5.41) is 0. The smallest absolute Gasteiger partial charge is 0.123 e. The van der Waals surface area contributed by atoms with E-state index in [0.29, 0.717) is 6.54 Å². The van der Waals surface area contributed by atoms with E-state index in [9.17, 15) is 0 Å². The molecule has 0 atom stereocenters. The molecular formula is C17H26N2O. The van der Waals surface area contributed by atoms with E-state index < -0.39 is 0 Å². The van der Waals surface area contributed by atoms with Crippen LogP contribution in [-0.2, 0) is 6.54 Å². The lowest BCUT2D eigenvalue weighted by Gasteiger charge is -2.19. The second kappa shape index (κ2) is 8.63. The quantitative estimate of drug-likeness (QED) is 0.810. The molecule has 1 aromatic carbocycles. The molecule has 0 spiro atoms. The van der Waals surface area contributed by atoms with E-state index in [0.717, 1.165) is 30.3 Å². The summed E-state index contributed by atoms with van der Waals surface area (Å²) in [6.07, 6.45) is 1.20. The molecule has 0 saturated heterocycles. The first-order valence-electron chi connectivity index (χ1n) is 7.11. The Morgan fingerprint density at radius 3 is 2.70 bits per heavy atom. The Balaban J connectivity index is 2.80. The zero-order chi connectivity index (χ0) is 15.0. The van der Waals surface area contributed by atoms with Gasteiger partial charge in [-0.1, -0.05) is 25.7 Å². The Kier molecular flexibility index (Phi) is 7.14. The normalized spacial score (nSPS) is 10.6. The van der Waals surface area contributed by atoms with Gasteiger partial charge >= 0.3 is 0 Å². The van der Waals surface area contributed by atoms with Crippen molar-refractivity contribution in [3.8, 4) is 17.6 Å². The van der Waals surface area contributed by atoms with Gasteiger partial charge in [0.25, 0.3) is 0 Å². The maximum absolute atomic E-state index is 5.43. The van der Waals surface area contributed by atoms with Crippen LogP contribution in [0.4, 0.5) is 0 Å². The maximum atomic E-state index is 5.43. The predicted octanol–water partition coefficient (Wildman–Crippen LogP) is 2.48. The Morgan fingerprint density at radius 1 is 1.35 bits per heavy atom. The Bertz CT molecular complexity index is 472. The van der Waals surface area contributed by atoms with E-state index in [-0.39, 0.29) is 0 Å². The van der Waals surface area contributed by atoms with Gasteiger partial charge in [0.2, 0.25) is 0 Å². The molecule has 20 heavy (non-hydrogen) atoms. The van der Waals surface area contributed by atoms with Gasteiger partial charge in [0.15, 0.2) is 0 Å². The van der Waals surface area contributed by atoms with Gasteiger partial charge in [0.05, 0.1) is 13.7 Å². The van der Waals surface area contributed by atoms with Crippen LogP contribution in [0.25, 0.3) is 0 Å². The number of hydrogen-bond donors (Lipinski definition) is 1. The fraction of sp³-hybridized carbons (Fsp3) is 0.529. The molecule has 0 saturated carbocycles. The minimum absolute atomic E-state index is 0.385. The highest BCUT2D eigenvalue weighted by atomic mass is 16.5. The van der Waals surface area contributed by atoms with Crippen LogP contribution < -0.4 is 10.5 Å². The number of ether oxygens (including phenoxy) is 1. The summed E-state index contributed by atoms with van der Waals surface area (Å²) >= 11 is 0. The van der Waals surface area contributed by atoms with Crippen molar-refractivity contribution in [1.82, 2.24) is 4.90 Å². The Labute approximate surface area is 123 Å². The summed E-state index contributed by atoms with van der Waals surface area (Å²) < 4.78 is 5.43. The summed E-state index contributed by atoms with van der Waals surface area (Å²) in [6, 6.07) is 6.04. The molecule has 3 heteroatoms. The lowest BCUT2D eigenvalue weighted by atomic mass is 10.1. The highest BCUT2D eigenvalue weighted by Gasteiger charge is 2.08. The average Bonchev–Trinajstić information content (AvgIpc) is 2.43. The lowest BCUT2D eigenvalue weighted by molar-refractivity contribution is 0.297. The fourth-order valence-corrected chi connectivity index (χ4v) is 1.98. The van der Waals surface area contributed by atoms with Crippen molar-refractivity contribution in [2.24, 2.45) is 11.7 Å². The van der Waals surface area contributed by atoms with Gasteiger partial charge < -0.3 is 15.4 Å². The van der Waals surface area contributed by atoms with Gasteiger partial charge in [-0.05, 0) is 44.1 Å². The van der Waals surface area contributed by atoms with Crippen LogP contribution in [0.5, 0.6) is 5.75 Å². The zero-order valence-electron chi connectivity index (χ0n) is 13.1. The maximum Gasteiger partial charge on any atom is 0.123 e. The van der Waals surface area contributed by atoms with Crippen LogP contribution in [0.15, 0.2) is 18.2 Å². The first kappa shape index (κ1) is 16.6. The third-order valence-corrected chi connectivity index (χ3v) is 3.14. The van der Waals surface area contributed by atoms with E-state index in [1.54, 1.807) is 7.11 Å². The van der Waals surface area contributed by atoms with E-state index in [4.69, 9.17) is 10.5 Å². The van der Waals surface area contributed by atoms with Crippen molar-refractivity contribution in [2.45, 2.75) is 26.8 Å². The van der Waals surface area contributed by atoms with Crippen molar-refractivity contribution in [2.75, 3.05) is 27.2 Å². The van der Waals surface area contributed by atoms with Crippen LogP contribution in [0.3, 0.4) is 0 Å². The van der Waals surface area contributed by atoms with Gasteiger partial charge in [-0.25, -0.2) is 0 Å². The summed E-state index contributed by atoms with van der Waals surface area (Å²) in [6.45, 7) is 6.83. The standard InChI is InChI=1S/C17H26N2O/c1-14(2)9-11-19(3)13-16-12-15(6-5-10-18)7-8-17(16)20-4/h7-8,12,14H,9-11,13,18H2,1-4H3. The van der Waals surface area contributed by atoms with Crippen LogP contribution in [0, 0.1) is 17.8 Å². The molecule has 0 aromatic heterocycles. The number of rotatable bonds is 6. The second-order valence-electron chi connectivity index (χ2n) is 5.45. The number of benzene rings is 1. The molecule has 1 aromatic rings. The van der Waals surface area contributed by atoms with Crippen LogP contribution in [-0.4, -0.2) is 32.1 Å². The molecule has 110 valence electrons. The van der Waals surface area contributed by atoms with E-state index in [1.807, 2.05) is 12.1 Å². The lowest BCUT2D eigenvalue weighted by Crippen LogP contribution is -2.20.